The highest BCUT2D eigenvalue weighted by Gasteiger charge is 2.18. The molecule has 0 aromatic rings. The summed E-state index contributed by atoms with van der Waals surface area (Å²) in [6.07, 6.45) is 71.7. The number of hydrogen-bond acceptors (Lipinski definition) is 5. The zero-order chi connectivity index (χ0) is 49.3. The number of amides is 1. The summed E-state index contributed by atoms with van der Waals surface area (Å²) in [5.74, 6) is -0.0779. The lowest BCUT2D eigenvalue weighted by Gasteiger charge is -2.20. The van der Waals surface area contributed by atoms with E-state index in [4.69, 9.17) is 4.74 Å². The topological polar surface area (TPSA) is 95.9 Å². The standard InChI is InChI=1S/C62H117NO5/c1-3-5-7-9-11-13-15-17-19-28-32-36-40-44-48-52-56-62(67)68-57-53-49-45-41-37-33-29-25-23-21-20-22-24-27-31-35-39-43-47-51-55-61(66)63-59(58-64)60(65)54-50-46-42-38-34-30-26-18-16-14-12-10-8-6-4-2/h19-20,22,28,50,54,59-60,64-65H,3-18,21,23-27,29-49,51-53,55-58H2,1-2H3,(H,63,66)/b22-20-,28-19-,54-50+. The zero-order valence-corrected chi connectivity index (χ0v) is 45.6. The van der Waals surface area contributed by atoms with E-state index in [1.807, 2.05) is 6.08 Å². The van der Waals surface area contributed by atoms with Gasteiger partial charge in [0.1, 0.15) is 0 Å². The number of ether oxygens (including phenoxy) is 1. The number of unbranched alkanes of at least 4 members (excludes halogenated alkanes) is 41. The summed E-state index contributed by atoms with van der Waals surface area (Å²) in [6.45, 7) is 4.90. The van der Waals surface area contributed by atoms with Gasteiger partial charge in [0, 0.05) is 12.8 Å². The fraction of sp³-hybridized carbons (Fsp3) is 0.871. The number of hydrogen-bond donors (Lipinski definition) is 3. The van der Waals surface area contributed by atoms with E-state index in [1.165, 1.54) is 244 Å². The average molecular weight is 957 g/mol. The molecule has 3 N–H and O–H groups in total. The second kappa shape index (κ2) is 57.7. The van der Waals surface area contributed by atoms with Crippen LogP contribution in [0.2, 0.25) is 0 Å². The van der Waals surface area contributed by atoms with Crippen molar-refractivity contribution in [1.82, 2.24) is 5.32 Å². The van der Waals surface area contributed by atoms with Crippen LogP contribution in [0.1, 0.15) is 322 Å². The minimum Gasteiger partial charge on any atom is -0.466 e. The Kier molecular flexibility index (Phi) is 56.0. The van der Waals surface area contributed by atoms with Crippen LogP contribution in [0.3, 0.4) is 0 Å². The Labute approximate surface area is 424 Å². The van der Waals surface area contributed by atoms with Crippen LogP contribution in [-0.2, 0) is 14.3 Å². The number of aliphatic hydroxyl groups excluding tert-OH is 2. The number of nitrogens with one attached hydrogen (secondary N) is 1. The van der Waals surface area contributed by atoms with E-state index in [-0.39, 0.29) is 18.5 Å². The molecule has 2 atom stereocenters. The monoisotopic (exact) mass is 956 g/mol. The molecule has 0 rings (SSSR count). The Morgan fingerprint density at radius 2 is 0.691 bits per heavy atom. The molecule has 0 aliphatic rings. The van der Waals surface area contributed by atoms with Gasteiger partial charge in [0.05, 0.1) is 25.4 Å². The molecule has 0 aliphatic heterocycles. The van der Waals surface area contributed by atoms with Crippen LogP contribution in [0.15, 0.2) is 36.5 Å². The van der Waals surface area contributed by atoms with E-state index >= 15 is 0 Å². The minimum atomic E-state index is -0.850. The van der Waals surface area contributed by atoms with Crippen molar-refractivity contribution in [1.29, 1.82) is 0 Å². The van der Waals surface area contributed by atoms with Gasteiger partial charge in [0.25, 0.3) is 0 Å². The second-order valence-corrected chi connectivity index (χ2v) is 20.7. The van der Waals surface area contributed by atoms with E-state index in [2.05, 4.69) is 43.5 Å². The Bertz CT molecular complexity index is 1100. The van der Waals surface area contributed by atoms with Gasteiger partial charge in [0.2, 0.25) is 5.91 Å². The molecule has 2 unspecified atom stereocenters. The van der Waals surface area contributed by atoms with E-state index in [0.29, 0.717) is 19.4 Å². The lowest BCUT2D eigenvalue weighted by atomic mass is 10.0. The summed E-state index contributed by atoms with van der Waals surface area (Å²) in [7, 11) is 0. The van der Waals surface area contributed by atoms with Gasteiger partial charge in [-0.15, -0.1) is 0 Å². The fourth-order valence-electron chi connectivity index (χ4n) is 9.21. The van der Waals surface area contributed by atoms with Gasteiger partial charge in [0.15, 0.2) is 0 Å². The number of carbonyl (C=O) groups is 2. The summed E-state index contributed by atoms with van der Waals surface area (Å²) in [4.78, 5) is 24.5. The van der Waals surface area contributed by atoms with Crippen molar-refractivity contribution < 1.29 is 24.5 Å². The molecule has 0 radical (unpaired) electrons. The Balaban J connectivity index is 3.45. The molecule has 0 fully saturated rings. The van der Waals surface area contributed by atoms with Gasteiger partial charge >= 0.3 is 5.97 Å². The van der Waals surface area contributed by atoms with Crippen LogP contribution in [0.5, 0.6) is 0 Å². The highest BCUT2D eigenvalue weighted by atomic mass is 16.5. The van der Waals surface area contributed by atoms with Crippen molar-refractivity contribution in [3.05, 3.63) is 36.5 Å². The number of esters is 1. The molecule has 0 saturated heterocycles. The third-order valence-corrected chi connectivity index (χ3v) is 13.9. The second-order valence-electron chi connectivity index (χ2n) is 20.7. The molecule has 0 bridgehead atoms. The van der Waals surface area contributed by atoms with E-state index in [0.717, 1.165) is 51.4 Å². The van der Waals surface area contributed by atoms with E-state index in [1.54, 1.807) is 6.08 Å². The van der Waals surface area contributed by atoms with Gasteiger partial charge in [-0.2, -0.15) is 0 Å². The summed E-state index contributed by atoms with van der Waals surface area (Å²) >= 11 is 0. The lowest BCUT2D eigenvalue weighted by molar-refractivity contribution is -0.143. The molecule has 0 aromatic heterocycles. The number of allylic oxidation sites excluding steroid dienone is 5. The van der Waals surface area contributed by atoms with Crippen molar-refractivity contribution in [2.75, 3.05) is 13.2 Å². The molecule has 6 nitrogen and oxygen atoms in total. The van der Waals surface area contributed by atoms with Crippen molar-refractivity contribution in [2.24, 2.45) is 0 Å². The highest BCUT2D eigenvalue weighted by molar-refractivity contribution is 5.76. The van der Waals surface area contributed by atoms with Crippen LogP contribution in [0.4, 0.5) is 0 Å². The maximum absolute atomic E-state index is 12.5. The first-order valence-electron chi connectivity index (χ1n) is 30.3. The van der Waals surface area contributed by atoms with Crippen LogP contribution in [-0.4, -0.2) is 47.4 Å². The summed E-state index contributed by atoms with van der Waals surface area (Å²) in [5.41, 5.74) is 0. The minimum absolute atomic E-state index is 0.00191. The SMILES string of the molecule is CCCCCCCCC/C=C\CCCCCCCC(=O)OCCCCCCCCCCC/C=C\CCCCCCCCCC(=O)NC(CO)C(O)/C=C/CCCCCCCCCCCCCCC. The summed E-state index contributed by atoms with van der Waals surface area (Å²) in [6, 6.07) is -0.634. The predicted molar refractivity (Wildman–Crippen MR) is 296 cm³/mol. The predicted octanol–water partition coefficient (Wildman–Crippen LogP) is 18.8. The summed E-state index contributed by atoms with van der Waals surface area (Å²) in [5, 5.41) is 23.1. The van der Waals surface area contributed by atoms with Crippen LogP contribution in [0.25, 0.3) is 0 Å². The maximum atomic E-state index is 12.5. The largest absolute Gasteiger partial charge is 0.466 e. The number of aliphatic hydroxyl groups is 2. The molecule has 1 amide bonds. The first-order valence-corrected chi connectivity index (χ1v) is 30.3. The Hall–Kier alpha value is -1.92. The third-order valence-electron chi connectivity index (χ3n) is 13.9. The molecule has 68 heavy (non-hydrogen) atoms. The lowest BCUT2D eigenvalue weighted by Crippen LogP contribution is -2.45. The van der Waals surface area contributed by atoms with Gasteiger partial charge in [-0.05, 0) is 83.5 Å². The van der Waals surface area contributed by atoms with Gasteiger partial charge in [-0.3, -0.25) is 9.59 Å². The first-order chi connectivity index (χ1) is 33.5. The quantitative estimate of drug-likeness (QED) is 0.0321. The molecule has 0 saturated carbocycles. The van der Waals surface area contributed by atoms with Crippen molar-refractivity contribution >= 4 is 11.9 Å². The Morgan fingerprint density at radius 1 is 0.397 bits per heavy atom. The smallest absolute Gasteiger partial charge is 0.305 e. The maximum Gasteiger partial charge on any atom is 0.305 e. The van der Waals surface area contributed by atoms with Crippen molar-refractivity contribution in [3.63, 3.8) is 0 Å². The summed E-state index contributed by atoms with van der Waals surface area (Å²) < 4.78 is 5.48. The molecule has 400 valence electrons. The molecule has 6 heteroatoms. The molecular formula is C62H117NO5. The van der Waals surface area contributed by atoms with Crippen molar-refractivity contribution in [3.8, 4) is 0 Å². The van der Waals surface area contributed by atoms with Gasteiger partial charge in [-0.1, -0.05) is 262 Å². The number of carbonyl (C=O) groups excluding carboxylic acids is 2. The van der Waals surface area contributed by atoms with Crippen LogP contribution >= 0.6 is 0 Å². The number of rotatable bonds is 56. The van der Waals surface area contributed by atoms with Gasteiger partial charge in [-0.25, -0.2) is 0 Å². The zero-order valence-electron chi connectivity index (χ0n) is 45.6. The van der Waals surface area contributed by atoms with Crippen molar-refractivity contribution in [2.45, 2.75) is 334 Å². The van der Waals surface area contributed by atoms with E-state index < -0.39 is 12.1 Å². The molecule has 0 spiro atoms. The third kappa shape index (κ3) is 53.4. The first kappa shape index (κ1) is 66.1. The highest BCUT2D eigenvalue weighted by Crippen LogP contribution is 2.16. The van der Waals surface area contributed by atoms with Gasteiger partial charge < -0.3 is 20.3 Å². The van der Waals surface area contributed by atoms with Crippen LogP contribution < -0.4 is 5.32 Å². The normalized spacial score (nSPS) is 12.8. The Morgan fingerprint density at radius 3 is 1.04 bits per heavy atom. The van der Waals surface area contributed by atoms with Crippen LogP contribution in [0, 0.1) is 0 Å². The fourth-order valence-corrected chi connectivity index (χ4v) is 9.21. The molecule has 0 heterocycles. The molecular weight excluding hydrogens is 839 g/mol. The average Bonchev–Trinajstić information content (AvgIpc) is 3.34. The molecule has 0 aliphatic carbocycles. The van der Waals surface area contributed by atoms with E-state index in [9.17, 15) is 19.8 Å². The molecule has 0 aromatic carbocycles.